The van der Waals surface area contributed by atoms with Crippen molar-refractivity contribution < 1.29 is 19.5 Å². The van der Waals surface area contributed by atoms with Gasteiger partial charge in [-0.1, -0.05) is 63.2 Å². The largest absolute Gasteiger partial charge is 0.481 e. The summed E-state index contributed by atoms with van der Waals surface area (Å²) in [4.78, 5) is 35.5. The van der Waals surface area contributed by atoms with Crippen molar-refractivity contribution in [1.82, 2.24) is 10.6 Å². The van der Waals surface area contributed by atoms with E-state index in [9.17, 15) is 19.5 Å². The van der Waals surface area contributed by atoms with Gasteiger partial charge in [0, 0.05) is 18.4 Å². The predicted molar refractivity (Wildman–Crippen MR) is 109 cm³/mol. The summed E-state index contributed by atoms with van der Waals surface area (Å²) < 4.78 is 0. The summed E-state index contributed by atoms with van der Waals surface area (Å²) in [5.74, 6) is -1.27. The molecule has 0 unspecified atom stereocenters. The summed E-state index contributed by atoms with van der Waals surface area (Å²) in [5.41, 5.74) is 0.318. The SMILES string of the molecule is CC(C)(C)C(=O)NCCCC(=O)N[C@H](CC(=O)O)c1cccc2ccccc12. The molecule has 0 bridgehead atoms. The van der Waals surface area contributed by atoms with Gasteiger partial charge in [0.2, 0.25) is 11.8 Å². The summed E-state index contributed by atoms with van der Waals surface area (Å²) in [6.07, 6.45) is 0.509. The molecule has 0 spiro atoms. The molecule has 0 aromatic heterocycles. The average molecular weight is 384 g/mol. The van der Waals surface area contributed by atoms with Gasteiger partial charge < -0.3 is 15.7 Å². The highest BCUT2D eigenvalue weighted by molar-refractivity contribution is 5.87. The van der Waals surface area contributed by atoms with E-state index in [1.165, 1.54) is 0 Å². The minimum atomic E-state index is -0.976. The van der Waals surface area contributed by atoms with E-state index in [0.717, 1.165) is 16.3 Å². The third-order valence-electron chi connectivity index (χ3n) is 4.46. The molecule has 2 rings (SSSR count). The highest BCUT2D eigenvalue weighted by atomic mass is 16.4. The molecular formula is C22H28N2O4. The van der Waals surface area contributed by atoms with Crippen LogP contribution in [-0.2, 0) is 14.4 Å². The van der Waals surface area contributed by atoms with Crippen LogP contribution in [0.1, 0.15) is 51.6 Å². The second-order valence-electron chi connectivity index (χ2n) is 7.90. The molecule has 0 aliphatic carbocycles. The molecule has 0 saturated carbocycles. The molecule has 0 radical (unpaired) electrons. The highest BCUT2D eigenvalue weighted by Crippen LogP contribution is 2.26. The Bertz CT molecular complexity index is 850. The summed E-state index contributed by atoms with van der Waals surface area (Å²) in [7, 11) is 0. The van der Waals surface area contributed by atoms with E-state index < -0.39 is 17.4 Å². The van der Waals surface area contributed by atoms with E-state index in [-0.39, 0.29) is 24.7 Å². The van der Waals surface area contributed by atoms with Crippen molar-refractivity contribution in [1.29, 1.82) is 0 Å². The van der Waals surface area contributed by atoms with Crippen LogP contribution < -0.4 is 10.6 Å². The van der Waals surface area contributed by atoms with Crippen LogP contribution in [0.2, 0.25) is 0 Å². The van der Waals surface area contributed by atoms with Gasteiger partial charge in [0.05, 0.1) is 12.5 Å². The Labute approximate surface area is 165 Å². The predicted octanol–water partition coefficient (Wildman–Crippen LogP) is 3.41. The van der Waals surface area contributed by atoms with Gasteiger partial charge >= 0.3 is 5.97 Å². The van der Waals surface area contributed by atoms with Crippen molar-refractivity contribution in [2.45, 2.75) is 46.1 Å². The highest BCUT2D eigenvalue weighted by Gasteiger charge is 2.21. The minimum absolute atomic E-state index is 0.0626. The number of hydrogen-bond acceptors (Lipinski definition) is 3. The average Bonchev–Trinajstić information content (AvgIpc) is 2.63. The van der Waals surface area contributed by atoms with E-state index in [0.29, 0.717) is 13.0 Å². The van der Waals surface area contributed by atoms with Gasteiger partial charge in [-0.05, 0) is 22.8 Å². The number of amides is 2. The van der Waals surface area contributed by atoms with Crippen molar-refractivity contribution >= 4 is 28.6 Å². The zero-order valence-corrected chi connectivity index (χ0v) is 16.6. The molecule has 3 N–H and O–H groups in total. The van der Waals surface area contributed by atoms with Crippen LogP contribution in [0.25, 0.3) is 10.8 Å². The fourth-order valence-electron chi connectivity index (χ4n) is 2.95. The molecule has 0 heterocycles. The van der Waals surface area contributed by atoms with Gasteiger partial charge in [-0.15, -0.1) is 0 Å². The summed E-state index contributed by atoms with van der Waals surface area (Å²) in [5, 5.41) is 16.9. The normalized spacial score (nSPS) is 12.4. The van der Waals surface area contributed by atoms with Crippen molar-refractivity contribution in [2.24, 2.45) is 5.41 Å². The number of benzene rings is 2. The molecule has 0 aliphatic heterocycles. The molecule has 0 fully saturated rings. The monoisotopic (exact) mass is 384 g/mol. The molecule has 0 saturated heterocycles. The number of fused-ring (bicyclic) bond motifs is 1. The number of carboxylic acid groups (broad SMARTS) is 1. The van der Waals surface area contributed by atoms with E-state index in [4.69, 9.17) is 0 Å². The quantitative estimate of drug-likeness (QED) is 0.608. The Morgan fingerprint density at radius 2 is 1.71 bits per heavy atom. The first-order valence-corrected chi connectivity index (χ1v) is 9.45. The van der Waals surface area contributed by atoms with Crippen molar-refractivity contribution in [3.63, 3.8) is 0 Å². The number of carbonyl (C=O) groups is 3. The Morgan fingerprint density at radius 3 is 2.39 bits per heavy atom. The van der Waals surface area contributed by atoms with Crippen LogP contribution in [0.15, 0.2) is 42.5 Å². The molecule has 2 aromatic carbocycles. The van der Waals surface area contributed by atoms with Gasteiger partial charge in [-0.25, -0.2) is 0 Å². The maximum atomic E-state index is 12.4. The second-order valence-corrected chi connectivity index (χ2v) is 7.90. The smallest absolute Gasteiger partial charge is 0.305 e. The molecule has 0 aliphatic rings. The molecule has 6 nitrogen and oxygen atoms in total. The lowest BCUT2D eigenvalue weighted by Gasteiger charge is -2.20. The molecule has 6 heteroatoms. The molecule has 28 heavy (non-hydrogen) atoms. The molecule has 1 atom stereocenters. The van der Waals surface area contributed by atoms with Crippen molar-refractivity contribution in [3.05, 3.63) is 48.0 Å². The summed E-state index contributed by atoms with van der Waals surface area (Å²) in [6.45, 7) is 5.89. The number of carbonyl (C=O) groups excluding carboxylic acids is 2. The van der Waals surface area contributed by atoms with Crippen LogP contribution in [0.5, 0.6) is 0 Å². The van der Waals surface area contributed by atoms with Gasteiger partial charge in [0.1, 0.15) is 0 Å². The van der Waals surface area contributed by atoms with Crippen LogP contribution in [0.3, 0.4) is 0 Å². The number of rotatable bonds is 8. The maximum absolute atomic E-state index is 12.4. The van der Waals surface area contributed by atoms with E-state index in [1.54, 1.807) is 0 Å². The third-order valence-corrected chi connectivity index (χ3v) is 4.46. The number of aliphatic carboxylic acids is 1. The summed E-state index contributed by atoms with van der Waals surface area (Å²) in [6, 6.07) is 12.7. The summed E-state index contributed by atoms with van der Waals surface area (Å²) >= 11 is 0. The fourth-order valence-corrected chi connectivity index (χ4v) is 2.95. The number of carboxylic acids is 1. The standard InChI is InChI=1S/C22H28N2O4/c1-22(2,3)21(28)23-13-7-12-19(25)24-18(14-20(26)27)17-11-6-9-15-8-4-5-10-16(15)17/h4-6,8-11,18H,7,12-14H2,1-3H3,(H,23,28)(H,24,25)(H,26,27)/t18-/m1/s1. The van der Waals surface area contributed by atoms with Gasteiger partial charge in [-0.2, -0.15) is 0 Å². The first-order valence-electron chi connectivity index (χ1n) is 9.45. The zero-order valence-electron chi connectivity index (χ0n) is 16.6. The van der Waals surface area contributed by atoms with Gasteiger partial charge in [-0.3, -0.25) is 14.4 Å². The van der Waals surface area contributed by atoms with Gasteiger partial charge in [0.15, 0.2) is 0 Å². The molecule has 150 valence electrons. The Kier molecular flexibility index (Phi) is 7.15. The second kappa shape index (κ2) is 9.35. The lowest BCUT2D eigenvalue weighted by molar-refractivity contribution is -0.137. The maximum Gasteiger partial charge on any atom is 0.305 e. The van der Waals surface area contributed by atoms with E-state index in [2.05, 4.69) is 10.6 Å². The minimum Gasteiger partial charge on any atom is -0.481 e. The topological polar surface area (TPSA) is 95.5 Å². The van der Waals surface area contributed by atoms with Crippen LogP contribution in [0.4, 0.5) is 0 Å². The third kappa shape index (κ3) is 6.08. The van der Waals surface area contributed by atoms with Gasteiger partial charge in [0.25, 0.3) is 0 Å². The lowest BCUT2D eigenvalue weighted by Crippen LogP contribution is -2.36. The lowest BCUT2D eigenvalue weighted by atomic mass is 9.95. The molecule has 2 aromatic rings. The van der Waals surface area contributed by atoms with E-state index in [1.807, 2.05) is 63.2 Å². The zero-order chi connectivity index (χ0) is 20.7. The Hall–Kier alpha value is -2.89. The number of hydrogen-bond donors (Lipinski definition) is 3. The Morgan fingerprint density at radius 1 is 1.04 bits per heavy atom. The van der Waals surface area contributed by atoms with Crippen molar-refractivity contribution in [2.75, 3.05) is 6.54 Å². The molecular weight excluding hydrogens is 356 g/mol. The first kappa shape index (κ1) is 21.4. The van der Waals surface area contributed by atoms with Crippen LogP contribution in [-0.4, -0.2) is 29.4 Å². The fraction of sp³-hybridized carbons (Fsp3) is 0.409. The number of nitrogens with one attached hydrogen (secondary N) is 2. The van der Waals surface area contributed by atoms with Crippen LogP contribution >= 0.6 is 0 Å². The first-order chi connectivity index (χ1) is 13.2. The molecule has 2 amide bonds. The Balaban J connectivity index is 2.01. The van der Waals surface area contributed by atoms with Crippen molar-refractivity contribution in [3.8, 4) is 0 Å². The van der Waals surface area contributed by atoms with E-state index >= 15 is 0 Å². The van der Waals surface area contributed by atoms with Crippen LogP contribution in [0, 0.1) is 5.41 Å².